The van der Waals surface area contributed by atoms with Gasteiger partial charge in [0, 0.05) is 0 Å². The lowest BCUT2D eigenvalue weighted by Crippen LogP contribution is -2.30. The van der Waals surface area contributed by atoms with E-state index in [9.17, 15) is 18.0 Å². The summed E-state index contributed by atoms with van der Waals surface area (Å²) in [6.07, 6.45) is 0. The maximum Gasteiger partial charge on any atom is 0.348 e. The van der Waals surface area contributed by atoms with Crippen LogP contribution < -0.4 is 4.72 Å². The second-order valence-corrected chi connectivity index (χ2v) is 7.48. The van der Waals surface area contributed by atoms with Gasteiger partial charge in [0.2, 0.25) is 10.0 Å². The molecular weight excluding hydrogens is 374 g/mol. The summed E-state index contributed by atoms with van der Waals surface area (Å²) in [7, 11) is -2.72. The van der Waals surface area contributed by atoms with Gasteiger partial charge in [-0.2, -0.15) is 4.72 Å². The summed E-state index contributed by atoms with van der Waals surface area (Å²) >= 11 is 3.99. The highest BCUT2D eigenvalue weighted by atomic mass is 79.9. The highest BCUT2D eigenvalue weighted by Gasteiger charge is 2.24. The van der Waals surface area contributed by atoms with E-state index >= 15 is 0 Å². The molecule has 20 heavy (non-hydrogen) atoms. The van der Waals surface area contributed by atoms with Gasteiger partial charge in [0.05, 0.1) is 17.5 Å². The Hall–Kier alpha value is -0.970. The van der Waals surface area contributed by atoms with Crippen LogP contribution in [-0.4, -0.2) is 40.6 Å². The predicted octanol–water partition coefficient (Wildman–Crippen LogP) is 1.14. The van der Waals surface area contributed by atoms with E-state index in [2.05, 4.69) is 30.1 Å². The van der Waals surface area contributed by atoms with Crippen molar-refractivity contribution < 1.29 is 27.5 Å². The molecule has 0 radical (unpaired) electrons. The molecule has 1 rings (SSSR count). The molecule has 0 aliphatic rings. The molecule has 1 N–H and O–H groups in total. The number of halogens is 1. The first-order valence-corrected chi connectivity index (χ1v) is 8.44. The summed E-state index contributed by atoms with van der Waals surface area (Å²) < 4.78 is 35.4. The second kappa shape index (κ2) is 7.16. The van der Waals surface area contributed by atoms with Gasteiger partial charge >= 0.3 is 11.9 Å². The van der Waals surface area contributed by atoms with Gasteiger partial charge < -0.3 is 9.47 Å². The number of nitrogens with one attached hydrogen (secondary N) is 1. The van der Waals surface area contributed by atoms with E-state index in [1.807, 2.05) is 0 Å². The standard InChI is InChI=1S/C10H12BrNO6S2/c1-3-18-8(13)5-12-20(15,16)7-4-6(10(14)17-2)19-9(7)11/h4,12H,3,5H2,1-2H3. The monoisotopic (exact) mass is 385 g/mol. The van der Waals surface area contributed by atoms with E-state index < -0.39 is 28.5 Å². The Morgan fingerprint density at radius 2 is 2.10 bits per heavy atom. The van der Waals surface area contributed by atoms with Crippen LogP contribution in [0.3, 0.4) is 0 Å². The Morgan fingerprint density at radius 3 is 2.65 bits per heavy atom. The topological polar surface area (TPSA) is 98.8 Å². The largest absolute Gasteiger partial charge is 0.465 e. The van der Waals surface area contributed by atoms with Gasteiger partial charge in [0.15, 0.2) is 0 Å². The summed E-state index contributed by atoms with van der Waals surface area (Å²) in [5.74, 6) is -1.32. The Morgan fingerprint density at radius 1 is 1.45 bits per heavy atom. The minimum Gasteiger partial charge on any atom is -0.465 e. The van der Waals surface area contributed by atoms with Crippen LogP contribution in [0.2, 0.25) is 0 Å². The third kappa shape index (κ3) is 4.27. The molecule has 0 aliphatic carbocycles. The smallest absolute Gasteiger partial charge is 0.348 e. The highest BCUT2D eigenvalue weighted by molar-refractivity contribution is 9.11. The lowest BCUT2D eigenvalue weighted by Gasteiger charge is -2.05. The van der Waals surface area contributed by atoms with E-state index in [-0.39, 0.29) is 20.2 Å². The minimum atomic E-state index is -3.92. The molecule has 0 atom stereocenters. The van der Waals surface area contributed by atoms with E-state index in [4.69, 9.17) is 0 Å². The fraction of sp³-hybridized carbons (Fsp3) is 0.400. The molecule has 0 unspecified atom stereocenters. The first kappa shape index (κ1) is 17.1. The van der Waals surface area contributed by atoms with Crippen molar-refractivity contribution in [2.45, 2.75) is 11.8 Å². The van der Waals surface area contributed by atoms with Gasteiger partial charge in [0.1, 0.15) is 16.3 Å². The molecule has 10 heteroatoms. The van der Waals surface area contributed by atoms with Gasteiger partial charge in [-0.1, -0.05) is 0 Å². The highest BCUT2D eigenvalue weighted by Crippen LogP contribution is 2.31. The lowest BCUT2D eigenvalue weighted by molar-refractivity contribution is -0.141. The maximum absolute atomic E-state index is 12.0. The number of sulfonamides is 1. The van der Waals surface area contributed by atoms with E-state index in [1.165, 1.54) is 13.2 Å². The summed E-state index contributed by atoms with van der Waals surface area (Å²) in [4.78, 5) is 22.5. The molecule has 0 aliphatic heterocycles. The fourth-order valence-electron chi connectivity index (χ4n) is 1.18. The SMILES string of the molecule is CCOC(=O)CNS(=O)(=O)c1cc(C(=O)OC)sc1Br. The average molecular weight is 386 g/mol. The summed E-state index contributed by atoms with van der Waals surface area (Å²) in [5.41, 5.74) is 0. The Bertz CT molecular complexity index is 609. The van der Waals surface area contributed by atoms with Gasteiger partial charge in [-0.15, -0.1) is 11.3 Å². The van der Waals surface area contributed by atoms with Gasteiger partial charge in [-0.25, -0.2) is 13.2 Å². The van der Waals surface area contributed by atoms with Crippen LogP contribution >= 0.6 is 27.3 Å². The Balaban J connectivity index is 2.90. The number of hydrogen-bond donors (Lipinski definition) is 1. The van der Waals surface area contributed by atoms with Crippen molar-refractivity contribution in [3.8, 4) is 0 Å². The molecule has 1 heterocycles. The molecule has 0 spiro atoms. The summed E-state index contributed by atoms with van der Waals surface area (Å²) in [6, 6.07) is 1.17. The van der Waals surface area contributed by atoms with Crippen molar-refractivity contribution >= 4 is 49.2 Å². The number of carbonyl (C=O) groups excluding carboxylic acids is 2. The van der Waals surface area contributed by atoms with Crippen molar-refractivity contribution in [3.63, 3.8) is 0 Å². The van der Waals surface area contributed by atoms with Gasteiger partial charge in [-0.05, 0) is 28.9 Å². The van der Waals surface area contributed by atoms with E-state index in [0.29, 0.717) is 0 Å². The third-order valence-corrected chi connectivity index (χ3v) is 5.68. The molecule has 0 amide bonds. The number of carbonyl (C=O) groups is 2. The lowest BCUT2D eigenvalue weighted by atomic mass is 10.5. The quantitative estimate of drug-likeness (QED) is 0.737. The minimum absolute atomic E-state index is 0.132. The van der Waals surface area contributed by atoms with Crippen molar-refractivity contribution in [2.24, 2.45) is 0 Å². The number of esters is 2. The molecule has 0 saturated carbocycles. The molecule has 0 saturated heterocycles. The number of hydrogen-bond acceptors (Lipinski definition) is 7. The number of methoxy groups -OCH3 is 1. The van der Waals surface area contributed by atoms with Crippen molar-refractivity contribution in [1.29, 1.82) is 0 Å². The van der Waals surface area contributed by atoms with Crippen LogP contribution in [0.1, 0.15) is 16.6 Å². The van der Waals surface area contributed by atoms with E-state index in [1.54, 1.807) is 6.92 Å². The first-order chi connectivity index (χ1) is 9.31. The molecule has 1 aromatic heterocycles. The zero-order valence-electron chi connectivity index (χ0n) is 10.6. The van der Waals surface area contributed by atoms with Crippen LogP contribution in [0.15, 0.2) is 14.7 Å². The van der Waals surface area contributed by atoms with E-state index in [0.717, 1.165) is 11.3 Å². The summed E-state index contributed by atoms with van der Waals surface area (Å²) in [6.45, 7) is 1.30. The van der Waals surface area contributed by atoms with Crippen LogP contribution in [0.4, 0.5) is 0 Å². The van der Waals surface area contributed by atoms with Crippen LogP contribution in [-0.2, 0) is 24.3 Å². The van der Waals surface area contributed by atoms with Crippen LogP contribution in [0, 0.1) is 0 Å². The van der Waals surface area contributed by atoms with Crippen LogP contribution in [0.25, 0.3) is 0 Å². The number of ether oxygens (including phenoxy) is 2. The maximum atomic E-state index is 12.0. The normalized spacial score (nSPS) is 11.2. The van der Waals surface area contributed by atoms with Gasteiger partial charge in [0.25, 0.3) is 0 Å². The fourth-order valence-corrected chi connectivity index (χ4v) is 4.63. The van der Waals surface area contributed by atoms with Crippen LogP contribution in [0.5, 0.6) is 0 Å². The predicted molar refractivity (Wildman–Crippen MR) is 75.2 cm³/mol. The average Bonchev–Trinajstić information content (AvgIpc) is 2.79. The molecule has 7 nitrogen and oxygen atoms in total. The molecule has 0 aromatic carbocycles. The zero-order valence-corrected chi connectivity index (χ0v) is 13.9. The first-order valence-electron chi connectivity index (χ1n) is 5.34. The van der Waals surface area contributed by atoms with Gasteiger partial charge in [-0.3, -0.25) is 4.79 Å². The molecular formula is C10H12BrNO6S2. The molecule has 1 aromatic rings. The summed E-state index contributed by atoms with van der Waals surface area (Å²) in [5, 5.41) is 0. The number of thiophene rings is 1. The number of rotatable bonds is 6. The zero-order chi connectivity index (χ0) is 15.3. The Kier molecular flexibility index (Phi) is 6.11. The van der Waals surface area contributed by atoms with Crippen molar-refractivity contribution in [1.82, 2.24) is 4.72 Å². The molecule has 0 bridgehead atoms. The second-order valence-electron chi connectivity index (χ2n) is 3.37. The van der Waals surface area contributed by atoms with Crippen molar-refractivity contribution in [3.05, 3.63) is 14.7 Å². The molecule has 112 valence electrons. The molecule has 0 fully saturated rings. The third-order valence-electron chi connectivity index (χ3n) is 2.04. The Labute approximate surface area is 128 Å². The van der Waals surface area contributed by atoms with Crippen molar-refractivity contribution in [2.75, 3.05) is 20.3 Å².